The highest BCUT2D eigenvalue weighted by Crippen LogP contribution is 2.33. The van der Waals surface area contributed by atoms with E-state index < -0.39 is 0 Å². The molecule has 1 atom stereocenters. The molecule has 0 fully saturated rings. The summed E-state index contributed by atoms with van der Waals surface area (Å²) in [6, 6.07) is 12.0. The van der Waals surface area contributed by atoms with Crippen LogP contribution in [0.3, 0.4) is 0 Å². The summed E-state index contributed by atoms with van der Waals surface area (Å²) in [7, 11) is 1.66. The highest BCUT2D eigenvalue weighted by atomic mass is 16.5. The largest absolute Gasteiger partial charge is 0.497 e. The number of fused-ring (bicyclic) bond motifs is 1. The molecular weight excluding hydrogens is 302 g/mol. The summed E-state index contributed by atoms with van der Waals surface area (Å²) in [5, 5.41) is 3.05. The molecule has 5 nitrogen and oxygen atoms in total. The van der Waals surface area contributed by atoms with Crippen LogP contribution in [-0.2, 0) is 6.54 Å². The molecule has 0 spiro atoms. The minimum atomic E-state index is -0.0922. The minimum Gasteiger partial charge on any atom is -0.497 e. The van der Waals surface area contributed by atoms with Crippen LogP contribution in [0.2, 0.25) is 0 Å². The number of hydrogen-bond acceptors (Lipinski definition) is 2. The van der Waals surface area contributed by atoms with Crippen LogP contribution < -0.4 is 10.1 Å². The van der Waals surface area contributed by atoms with Crippen LogP contribution in [0, 0.1) is 0 Å². The second kappa shape index (κ2) is 7.43. The monoisotopic (exact) mass is 327 g/mol. The summed E-state index contributed by atoms with van der Waals surface area (Å²) in [6.07, 6.45) is 4.15. The second-order valence-electron chi connectivity index (χ2n) is 6.08. The zero-order valence-corrected chi connectivity index (χ0v) is 14.4. The van der Waals surface area contributed by atoms with Crippen LogP contribution >= 0.6 is 0 Å². The topological polar surface area (TPSA) is 46.5 Å². The molecule has 0 bridgehead atoms. The summed E-state index contributed by atoms with van der Waals surface area (Å²) in [5.74, 6) is 0.808. The molecule has 0 radical (unpaired) electrons. The number of rotatable bonds is 5. The van der Waals surface area contributed by atoms with E-state index in [-0.39, 0.29) is 12.1 Å². The molecule has 1 aromatic heterocycles. The number of carbonyl (C=O) groups excluding carboxylic acids is 1. The van der Waals surface area contributed by atoms with Crippen LogP contribution in [-0.4, -0.2) is 35.7 Å². The maximum atomic E-state index is 12.7. The van der Waals surface area contributed by atoms with Gasteiger partial charge in [-0.15, -0.1) is 0 Å². The third-order valence-electron chi connectivity index (χ3n) is 4.52. The number of carbonyl (C=O) groups is 1. The van der Waals surface area contributed by atoms with Gasteiger partial charge in [0.15, 0.2) is 0 Å². The first kappa shape index (κ1) is 16.4. The average molecular weight is 327 g/mol. The zero-order chi connectivity index (χ0) is 16.9. The fourth-order valence-electron chi connectivity index (χ4n) is 3.24. The van der Waals surface area contributed by atoms with E-state index in [0.29, 0.717) is 6.54 Å². The fourth-order valence-corrected chi connectivity index (χ4v) is 3.24. The lowest BCUT2D eigenvalue weighted by Gasteiger charge is -2.37. The fraction of sp³-hybridized carbons (Fsp3) is 0.421. The van der Waals surface area contributed by atoms with Gasteiger partial charge in [-0.1, -0.05) is 25.5 Å². The summed E-state index contributed by atoms with van der Waals surface area (Å²) in [5.41, 5.74) is 2.21. The van der Waals surface area contributed by atoms with Gasteiger partial charge in [0.1, 0.15) is 5.75 Å². The van der Waals surface area contributed by atoms with Crippen molar-refractivity contribution < 1.29 is 9.53 Å². The van der Waals surface area contributed by atoms with Gasteiger partial charge in [0.25, 0.3) is 0 Å². The van der Waals surface area contributed by atoms with Crippen molar-refractivity contribution >= 4 is 6.03 Å². The van der Waals surface area contributed by atoms with Crippen LogP contribution in [0.5, 0.6) is 5.75 Å². The summed E-state index contributed by atoms with van der Waals surface area (Å²) < 4.78 is 7.59. The van der Waals surface area contributed by atoms with E-state index in [9.17, 15) is 4.79 Å². The summed E-state index contributed by atoms with van der Waals surface area (Å²) in [6.45, 7) is 4.36. The normalized spacial score (nSPS) is 16.6. The maximum Gasteiger partial charge on any atom is 0.318 e. The SMILES string of the molecule is CCCCNC(=O)N1CCn2cccc2C1c1cccc(OC)c1. The first-order valence-corrected chi connectivity index (χ1v) is 8.58. The number of amides is 2. The number of aromatic nitrogens is 1. The first-order valence-electron chi connectivity index (χ1n) is 8.58. The Morgan fingerprint density at radius 1 is 1.29 bits per heavy atom. The molecule has 1 aromatic carbocycles. The van der Waals surface area contributed by atoms with E-state index in [1.807, 2.05) is 29.2 Å². The molecule has 0 aliphatic carbocycles. The number of nitrogens with one attached hydrogen (secondary N) is 1. The van der Waals surface area contributed by atoms with Gasteiger partial charge < -0.3 is 19.5 Å². The molecule has 24 heavy (non-hydrogen) atoms. The number of nitrogens with zero attached hydrogens (tertiary/aromatic N) is 2. The smallest absolute Gasteiger partial charge is 0.318 e. The molecule has 2 heterocycles. The van der Waals surface area contributed by atoms with Gasteiger partial charge in [-0.05, 0) is 36.2 Å². The van der Waals surface area contributed by atoms with E-state index in [0.717, 1.165) is 42.9 Å². The highest BCUT2D eigenvalue weighted by molar-refractivity contribution is 5.75. The second-order valence-corrected chi connectivity index (χ2v) is 6.08. The van der Waals surface area contributed by atoms with Crippen molar-refractivity contribution in [3.63, 3.8) is 0 Å². The maximum absolute atomic E-state index is 12.7. The molecule has 0 saturated heterocycles. The molecular formula is C19H25N3O2. The Balaban J connectivity index is 1.91. The average Bonchev–Trinajstić information content (AvgIpc) is 3.09. The van der Waals surface area contributed by atoms with E-state index in [4.69, 9.17) is 4.74 Å². The Morgan fingerprint density at radius 2 is 2.17 bits per heavy atom. The quantitative estimate of drug-likeness (QED) is 0.856. The number of urea groups is 1. The predicted octanol–water partition coefficient (Wildman–Crippen LogP) is 3.41. The zero-order valence-electron chi connectivity index (χ0n) is 14.4. The van der Waals surface area contributed by atoms with E-state index in [2.05, 4.69) is 35.1 Å². The van der Waals surface area contributed by atoms with Gasteiger partial charge in [0, 0.05) is 31.5 Å². The number of hydrogen-bond donors (Lipinski definition) is 1. The predicted molar refractivity (Wildman–Crippen MR) is 94.3 cm³/mol. The van der Waals surface area contributed by atoms with Crippen LogP contribution in [0.4, 0.5) is 4.79 Å². The Labute approximate surface area is 143 Å². The standard InChI is InChI=1S/C19H25N3O2/c1-3-4-10-20-19(23)22-13-12-21-11-6-9-17(21)18(22)15-7-5-8-16(14-15)24-2/h5-9,11,14,18H,3-4,10,12-13H2,1-2H3,(H,20,23). The van der Waals surface area contributed by atoms with Crippen LogP contribution in [0.15, 0.2) is 42.6 Å². The van der Waals surface area contributed by atoms with Crippen molar-refractivity contribution in [1.29, 1.82) is 0 Å². The Bertz CT molecular complexity index is 695. The molecule has 1 unspecified atom stereocenters. The van der Waals surface area contributed by atoms with Gasteiger partial charge in [0.05, 0.1) is 13.2 Å². The van der Waals surface area contributed by atoms with Crippen molar-refractivity contribution in [2.24, 2.45) is 0 Å². The third-order valence-corrected chi connectivity index (χ3v) is 4.52. The number of benzene rings is 1. The van der Waals surface area contributed by atoms with Crippen LogP contribution in [0.1, 0.15) is 37.1 Å². The molecule has 1 aliphatic rings. The van der Waals surface area contributed by atoms with E-state index in [1.165, 1.54) is 0 Å². The Kier molecular flexibility index (Phi) is 5.08. The van der Waals surface area contributed by atoms with Crippen molar-refractivity contribution in [2.45, 2.75) is 32.4 Å². The molecule has 1 N–H and O–H groups in total. The first-order chi connectivity index (χ1) is 11.7. The lowest BCUT2D eigenvalue weighted by Crippen LogP contribution is -2.47. The highest BCUT2D eigenvalue weighted by Gasteiger charge is 2.32. The van der Waals surface area contributed by atoms with Gasteiger partial charge in [-0.3, -0.25) is 0 Å². The minimum absolute atomic E-state index is 0.00344. The third kappa shape index (κ3) is 3.25. The molecule has 3 rings (SSSR count). The number of unbranched alkanes of at least 4 members (excludes halogenated alkanes) is 1. The Morgan fingerprint density at radius 3 is 2.96 bits per heavy atom. The molecule has 0 saturated carbocycles. The Hall–Kier alpha value is -2.43. The lowest BCUT2D eigenvalue weighted by atomic mass is 10.00. The van der Waals surface area contributed by atoms with Crippen molar-refractivity contribution in [3.05, 3.63) is 53.9 Å². The number of methoxy groups -OCH3 is 1. The van der Waals surface area contributed by atoms with Gasteiger partial charge >= 0.3 is 6.03 Å². The summed E-state index contributed by atoms with van der Waals surface area (Å²) >= 11 is 0. The lowest BCUT2D eigenvalue weighted by molar-refractivity contribution is 0.168. The molecule has 2 aromatic rings. The van der Waals surface area contributed by atoms with Crippen LogP contribution in [0.25, 0.3) is 0 Å². The van der Waals surface area contributed by atoms with Gasteiger partial charge in [-0.2, -0.15) is 0 Å². The van der Waals surface area contributed by atoms with E-state index >= 15 is 0 Å². The molecule has 128 valence electrons. The van der Waals surface area contributed by atoms with Crippen molar-refractivity contribution in [1.82, 2.24) is 14.8 Å². The molecule has 2 amide bonds. The molecule has 1 aliphatic heterocycles. The van der Waals surface area contributed by atoms with Gasteiger partial charge in [-0.25, -0.2) is 4.79 Å². The summed E-state index contributed by atoms with van der Waals surface area (Å²) in [4.78, 5) is 14.6. The van der Waals surface area contributed by atoms with Crippen molar-refractivity contribution in [3.8, 4) is 5.75 Å². The van der Waals surface area contributed by atoms with E-state index in [1.54, 1.807) is 7.11 Å². The number of ether oxygens (including phenoxy) is 1. The van der Waals surface area contributed by atoms with Crippen molar-refractivity contribution in [2.75, 3.05) is 20.2 Å². The van der Waals surface area contributed by atoms with Gasteiger partial charge in [0.2, 0.25) is 0 Å². The molecule has 5 heteroatoms.